The highest BCUT2D eigenvalue weighted by molar-refractivity contribution is 5.79. The quantitative estimate of drug-likeness (QED) is 0.498. The first-order chi connectivity index (χ1) is 14.3. The Morgan fingerprint density at radius 1 is 1.10 bits per heavy atom. The van der Waals surface area contributed by atoms with E-state index in [-0.39, 0.29) is 0 Å². The molecule has 7 nitrogen and oxygen atoms in total. The van der Waals surface area contributed by atoms with E-state index in [1.165, 1.54) is 11.1 Å². The molecule has 0 saturated heterocycles. The Morgan fingerprint density at radius 3 is 2.76 bits per heavy atom. The Morgan fingerprint density at radius 2 is 1.93 bits per heavy atom. The summed E-state index contributed by atoms with van der Waals surface area (Å²) < 4.78 is 1.99. The number of aliphatic imine (C=N–C) groups is 1. The van der Waals surface area contributed by atoms with Crippen molar-refractivity contribution in [2.45, 2.75) is 38.9 Å². The number of rotatable bonds is 6. The predicted molar refractivity (Wildman–Crippen MR) is 116 cm³/mol. The Labute approximate surface area is 171 Å². The molecule has 0 saturated carbocycles. The van der Waals surface area contributed by atoms with Crippen LogP contribution in [0.5, 0.6) is 0 Å². The van der Waals surface area contributed by atoms with E-state index >= 15 is 0 Å². The number of aromatic nitrogens is 3. The van der Waals surface area contributed by atoms with Crippen molar-refractivity contribution >= 4 is 11.6 Å². The second-order valence-electron chi connectivity index (χ2n) is 7.40. The van der Waals surface area contributed by atoms with Crippen molar-refractivity contribution in [2.75, 3.05) is 20.1 Å². The monoisotopic (exact) mass is 391 g/mol. The van der Waals surface area contributed by atoms with Gasteiger partial charge < -0.3 is 10.6 Å². The maximum atomic E-state index is 4.37. The van der Waals surface area contributed by atoms with Crippen molar-refractivity contribution in [2.24, 2.45) is 4.99 Å². The summed E-state index contributed by atoms with van der Waals surface area (Å²) in [5.41, 5.74) is 3.80. The second-order valence-corrected chi connectivity index (χ2v) is 7.40. The number of benzene rings is 1. The van der Waals surface area contributed by atoms with E-state index in [1.54, 1.807) is 7.05 Å². The van der Waals surface area contributed by atoms with Crippen molar-refractivity contribution in [3.8, 4) is 0 Å². The van der Waals surface area contributed by atoms with Crippen LogP contribution in [0.2, 0.25) is 0 Å². The average molecular weight is 392 g/mol. The van der Waals surface area contributed by atoms with Crippen molar-refractivity contribution in [3.05, 3.63) is 65.6 Å². The zero-order valence-corrected chi connectivity index (χ0v) is 17.2. The lowest BCUT2D eigenvalue weighted by Crippen LogP contribution is -2.48. The molecule has 1 aromatic carbocycles. The van der Waals surface area contributed by atoms with Gasteiger partial charge in [-0.3, -0.25) is 14.3 Å². The molecule has 1 unspecified atom stereocenters. The Hall–Kier alpha value is -2.93. The lowest BCUT2D eigenvalue weighted by molar-refractivity contribution is 0.174. The van der Waals surface area contributed by atoms with Crippen LogP contribution in [0.25, 0.3) is 5.65 Å². The molecular weight excluding hydrogens is 362 g/mol. The van der Waals surface area contributed by atoms with Gasteiger partial charge in [0.1, 0.15) is 0 Å². The van der Waals surface area contributed by atoms with Crippen LogP contribution in [0.15, 0.2) is 53.7 Å². The number of fused-ring (bicyclic) bond motifs is 2. The first-order valence-electron chi connectivity index (χ1n) is 10.3. The molecule has 0 amide bonds. The minimum atomic E-state index is 0.468. The molecule has 2 N–H and O–H groups in total. The predicted octanol–water partition coefficient (Wildman–Crippen LogP) is 2.23. The van der Waals surface area contributed by atoms with Gasteiger partial charge in [-0.2, -0.15) is 0 Å². The maximum absolute atomic E-state index is 4.37. The van der Waals surface area contributed by atoms with Crippen LogP contribution in [0.1, 0.15) is 30.3 Å². The van der Waals surface area contributed by atoms with Gasteiger partial charge in [-0.15, -0.1) is 10.2 Å². The van der Waals surface area contributed by atoms with Gasteiger partial charge in [0.25, 0.3) is 0 Å². The standard InChI is InChI=1S/C22H29N7/c1-3-19(28-13-11-17-8-4-5-9-18(17)16-28)14-24-22(23-2)25-15-21-27-26-20-10-6-7-12-29(20)21/h4-10,12,19H,3,11,13-16H2,1-2H3,(H2,23,24,25). The molecule has 3 aromatic rings. The number of nitrogens with one attached hydrogen (secondary N) is 2. The fraction of sp³-hybridized carbons (Fsp3) is 0.409. The van der Waals surface area contributed by atoms with Crippen LogP contribution in [-0.4, -0.2) is 51.6 Å². The fourth-order valence-corrected chi connectivity index (χ4v) is 3.97. The van der Waals surface area contributed by atoms with Gasteiger partial charge >= 0.3 is 0 Å². The van der Waals surface area contributed by atoms with Gasteiger partial charge in [0.05, 0.1) is 6.54 Å². The minimum Gasteiger partial charge on any atom is -0.355 e. The van der Waals surface area contributed by atoms with E-state index in [2.05, 4.69) is 61.9 Å². The van der Waals surface area contributed by atoms with Crippen LogP contribution in [-0.2, 0) is 19.5 Å². The van der Waals surface area contributed by atoms with Gasteiger partial charge in [-0.05, 0) is 36.1 Å². The van der Waals surface area contributed by atoms with Crippen LogP contribution < -0.4 is 10.6 Å². The van der Waals surface area contributed by atoms with Crippen molar-refractivity contribution in [1.82, 2.24) is 30.1 Å². The largest absolute Gasteiger partial charge is 0.355 e. The third-order valence-electron chi connectivity index (χ3n) is 5.67. The number of guanidine groups is 1. The molecule has 0 bridgehead atoms. The summed E-state index contributed by atoms with van der Waals surface area (Å²) in [6, 6.07) is 15.2. The van der Waals surface area contributed by atoms with E-state index in [9.17, 15) is 0 Å². The number of nitrogens with zero attached hydrogens (tertiary/aromatic N) is 5. The van der Waals surface area contributed by atoms with Crippen LogP contribution in [0.4, 0.5) is 0 Å². The van der Waals surface area contributed by atoms with E-state index in [0.29, 0.717) is 12.6 Å². The molecule has 7 heteroatoms. The zero-order valence-electron chi connectivity index (χ0n) is 17.2. The zero-order chi connectivity index (χ0) is 20.1. The molecule has 1 aliphatic heterocycles. The van der Waals surface area contributed by atoms with Crippen LogP contribution >= 0.6 is 0 Å². The highest BCUT2D eigenvalue weighted by atomic mass is 15.3. The van der Waals surface area contributed by atoms with Gasteiger partial charge in [-0.25, -0.2) is 0 Å². The molecule has 152 valence electrons. The third-order valence-corrected chi connectivity index (χ3v) is 5.67. The van der Waals surface area contributed by atoms with Gasteiger partial charge in [0.15, 0.2) is 17.4 Å². The molecule has 4 rings (SSSR count). The molecule has 2 aromatic heterocycles. The summed E-state index contributed by atoms with van der Waals surface area (Å²) in [6.07, 6.45) is 4.20. The molecule has 29 heavy (non-hydrogen) atoms. The Kier molecular flexibility index (Phi) is 6.05. The summed E-state index contributed by atoms with van der Waals surface area (Å²) >= 11 is 0. The summed E-state index contributed by atoms with van der Waals surface area (Å²) in [5, 5.41) is 15.3. The van der Waals surface area contributed by atoms with E-state index in [1.807, 2.05) is 28.8 Å². The van der Waals surface area contributed by atoms with Gasteiger partial charge in [-0.1, -0.05) is 37.3 Å². The molecule has 1 aliphatic rings. The molecular formula is C22H29N7. The smallest absolute Gasteiger partial charge is 0.191 e. The third kappa shape index (κ3) is 4.40. The molecule has 0 spiro atoms. The molecule has 0 radical (unpaired) electrons. The SMILES string of the molecule is CCC(CNC(=NC)NCc1nnc2ccccn12)N1CCc2ccccc2C1. The van der Waals surface area contributed by atoms with Crippen molar-refractivity contribution in [3.63, 3.8) is 0 Å². The van der Waals surface area contributed by atoms with Crippen LogP contribution in [0.3, 0.4) is 0 Å². The Bertz CT molecular complexity index is 978. The first kappa shape index (κ1) is 19.4. The van der Waals surface area contributed by atoms with Gasteiger partial charge in [0.2, 0.25) is 0 Å². The minimum absolute atomic E-state index is 0.468. The second kappa shape index (κ2) is 9.05. The molecule has 0 aliphatic carbocycles. The lowest BCUT2D eigenvalue weighted by atomic mass is 9.98. The summed E-state index contributed by atoms with van der Waals surface area (Å²) in [6.45, 7) is 5.81. The summed E-state index contributed by atoms with van der Waals surface area (Å²) in [5.74, 6) is 1.65. The highest BCUT2D eigenvalue weighted by Gasteiger charge is 2.22. The molecule has 0 fully saturated rings. The number of hydrogen-bond acceptors (Lipinski definition) is 4. The van der Waals surface area contributed by atoms with E-state index in [4.69, 9.17) is 0 Å². The maximum Gasteiger partial charge on any atom is 0.191 e. The summed E-state index contributed by atoms with van der Waals surface area (Å²) in [7, 11) is 1.80. The lowest BCUT2D eigenvalue weighted by Gasteiger charge is -2.35. The summed E-state index contributed by atoms with van der Waals surface area (Å²) in [4.78, 5) is 6.95. The average Bonchev–Trinajstić information content (AvgIpc) is 3.19. The fourth-order valence-electron chi connectivity index (χ4n) is 3.97. The van der Waals surface area contributed by atoms with E-state index < -0.39 is 0 Å². The molecule has 1 atom stereocenters. The highest BCUT2D eigenvalue weighted by Crippen LogP contribution is 2.21. The van der Waals surface area contributed by atoms with Gasteiger partial charge in [0, 0.05) is 38.9 Å². The van der Waals surface area contributed by atoms with Crippen molar-refractivity contribution in [1.29, 1.82) is 0 Å². The van der Waals surface area contributed by atoms with E-state index in [0.717, 1.165) is 49.9 Å². The normalized spacial score (nSPS) is 15.9. The molecule has 3 heterocycles. The first-order valence-corrected chi connectivity index (χ1v) is 10.3. The Balaban J connectivity index is 1.32. The van der Waals surface area contributed by atoms with Crippen molar-refractivity contribution < 1.29 is 0 Å². The number of hydrogen-bond donors (Lipinski definition) is 2. The van der Waals surface area contributed by atoms with Crippen LogP contribution in [0, 0.1) is 0 Å². The topological polar surface area (TPSA) is 69.8 Å². The number of pyridine rings is 1.